The second kappa shape index (κ2) is 6.80. The van der Waals surface area contributed by atoms with Crippen LogP contribution in [0.15, 0.2) is 0 Å². The summed E-state index contributed by atoms with van der Waals surface area (Å²) in [6.07, 6.45) is 0. The molecule has 14 heteroatoms. The Morgan fingerprint density at radius 3 is 0.650 bits per heavy atom. The Labute approximate surface area is 179 Å². The van der Waals surface area contributed by atoms with Crippen molar-refractivity contribution in [2.24, 2.45) is 0 Å². The maximum Gasteiger partial charge on any atom is 0.240 e. The minimum atomic E-state index is -3.09. The first-order chi connectivity index (χ1) is 8.25. The van der Waals surface area contributed by atoms with E-state index in [1.807, 2.05) is 0 Å². The van der Waals surface area contributed by atoms with Crippen LogP contribution >= 0.6 is 151 Å². The molecular formula is C6HCl13O. The molecule has 0 radical (unpaired) electrons. The highest BCUT2D eigenvalue weighted by atomic mass is 35.6. The van der Waals surface area contributed by atoms with Crippen molar-refractivity contribution in [1.29, 1.82) is 0 Å². The van der Waals surface area contributed by atoms with Gasteiger partial charge in [-0.2, -0.15) is 0 Å². The third-order valence-electron chi connectivity index (χ3n) is 2.06. The third kappa shape index (κ3) is 3.93. The summed E-state index contributed by atoms with van der Waals surface area (Å²) in [5.74, 6) is 0. The van der Waals surface area contributed by atoms with Crippen molar-refractivity contribution in [1.82, 2.24) is 0 Å². The fourth-order valence-corrected chi connectivity index (χ4v) is 6.05. The number of halogens is 13. The van der Waals surface area contributed by atoms with Crippen LogP contribution in [-0.4, -0.2) is 30.8 Å². The van der Waals surface area contributed by atoms with Crippen LogP contribution in [-0.2, 0) is 0 Å². The maximum atomic E-state index is 9.84. The highest BCUT2D eigenvalue weighted by molar-refractivity contribution is 6.81. The first-order valence-corrected chi connectivity index (χ1v) is 8.84. The van der Waals surface area contributed by atoms with Gasteiger partial charge in [0.1, 0.15) is 0 Å². The van der Waals surface area contributed by atoms with Crippen LogP contribution in [0.3, 0.4) is 0 Å². The van der Waals surface area contributed by atoms with Crippen molar-refractivity contribution in [3.05, 3.63) is 0 Å². The molecule has 122 valence electrons. The molecule has 0 rings (SSSR count). The van der Waals surface area contributed by atoms with Crippen molar-refractivity contribution in [3.63, 3.8) is 0 Å². The normalized spacial score (nSPS) is 18.9. The molecule has 0 aliphatic heterocycles. The first kappa shape index (κ1) is 23.7. The molecule has 0 heterocycles. The highest BCUT2D eigenvalue weighted by Crippen LogP contribution is 2.70. The highest BCUT2D eigenvalue weighted by Gasteiger charge is 2.82. The van der Waals surface area contributed by atoms with E-state index in [1.54, 1.807) is 0 Å². The van der Waals surface area contributed by atoms with Gasteiger partial charge in [-0.05, 0) is 0 Å². The topological polar surface area (TPSA) is 20.2 Å². The molecule has 0 aromatic heterocycles. The molecule has 0 amide bonds. The van der Waals surface area contributed by atoms with Crippen LogP contribution in [0.4, 0.5) is 0 Å². The zero-order valence-corrected chi connectivity index (χ0v) is 18.2. The quantitative estimate of drug-likeness (QED) is 0.362. The zero-order chi connectivity index (χ0) is 17.0. The molecule has 20 heavy (non-hydrogen) atoms. The summed E-state index contributed by atoms with van der Waals surface area (Å²) in [5, 5.41) is 9.84. The lowest BCUT2D eigenvalue weighted by atomic mass is 9.93. The zero-order valence-electron chi connectivity index (χ0n) is 8.36. The van der Waals surface area contributed by atoms with E-state index < -0.39 is 25.6 Å². The Morgan fingerprint density at radius 1 is 0.400 bits per heavy atom. The van der Waals surface area contributed by atoms with Crippen LogP contribution in [0.25, 0.3) is 0 Å². The van der Waals surface area contributed by atoms with Gasteiger partial charge in [0.2, 0.25) is 15.9 Å². The lowest BCUT2D eigenvalue weighted by Crippen LogP contribution is -2.73. The van der Waals surface area contributed by atoms with Gasteiger partial charge in [0, 0.05) is 0 Å². The summed E-state index contributed by atoms with van der Waals surface area (Å²) >= 11 is 74.2. The van der Waals surface area contributed by atoms with E-state index in [0.717, 1.165) is 0 Å². The van der Waals surface area contributed by atoms with E-state index >= 15 is 0 Å². The number of hydrogen-bond acceptors (Lipinski definition) is 1. The minimum absolute atomic E-state index is 2.69. The van der Waals surface area contributed by atoms with Gasteiger partial charge in [0.15, 0.2) is 9.75 Å². The lowest BCUT2D eigenvalue weighted by molar-refractivity contribution is 0.135. The second-order valence-corrected chi connectivity index (χ2v) is 12.6. The van der Waals surface area contributed by atoms with Crippen LogP contribution in [0, 0.1) is 0 Å². The maximum absolute atomic E-state index is 9.84. The van der Waals surface area contributed by atoms with Crippen molar-refractivity contribution in [2.75, 3.05) is 0 Å². The number of aliphatic hydroxyl groups is 1. The molecule has 0 aromatic carbocycles. The smallest absolute Gasteiger partial charge is 0.240 e. The molecule has 1 atom stereocenters. The molecule has 0 bridgehead atoms. The monoisotopic (exact) mass is 544 g/mol. The molecule has 1 nitrogen and oxygen atoms in total. The summed E-state index contributed by atoms with van der Waals surface area (Å²) in [7, 11) is 0. The van der Waals surface area contributed by atoms with E-state index in [2.05, 4.69) is 0 Å². The van der Waals surface area contributed by atoms with E-state index in [0.29, 0.717) is 0 Å². The van der Waals surface area contributed by atoms with Crippen molar-refractivity contribution >= 4 is 151 Å². The molecular weight excluding hydrogens is 549 g/mol. The average molecular weight is 550 g/mol. The van der Waals surface area contributed by atoms with E-state index in [1.165, 1.54) is 0 Å². The van der Waals surface area contributed by atoms with Gasteiger partial charge in [-0.3, -0.25) is 0 Å². The molecule has 1 N–H and O–H groups in total. The predicted molar refractivity (Wildman–Crippen MR) is 94.7 cm³/mol. The van der Waals surface area contributed by atoms with Crippen molar-refractivity contribution < 1.29 is 5.11 Å². The molecule has 0 aliphatic carbocycles. The van der Waals surface area contributed by atoms with Crippen molar-refractivity contribution in [2.45, 2.75) is 25.6 Å². The minimum Gasteiger partial charge on any atom is -0.361 e. The Balaban J connectivity index is 6.71. The Bertz CT molecular complexity index is 289. The van der Waals surface area contributed by atoms with Gasteiger partial charge in [0.05, 0.1) is 0 Å². The molecule has 0 aromatic rings. The first-order valence-electron chi connectivity index (χ1n) is 3.93. The Kier molecular flexibility index (Phi) is 8.07. The van der Waals surface area contributed by atoms with Gasteiger partial charge in [-0.15, -0.1) is 23.2 Å². The standard InChI is InChI=1S/C6HCl13O/c7-1(3(9,10)11,4(12,13)14)2(8,5(15,16)17)6(18,19)20/h20H. The molecule has 0 fully saturated rings. The van der Waals surface area contributed by atoms with Gasteiger partial charge in [-0.25, -0.2) is 0 Å². The van der Waals surface area contributed by atoms with Gasteiger partial charge in [0.25, 0.3) is 0 Å². The van der Waals surface area contributed by atoms with Gasteiger partial charge >= 0.3 is 0 Å². The summed E-state index contributed by atoms with van der Waals surface area (Å²) in [4.78, 5) is -5.85. The van der Waals surface area contributed by atoms with Gasteiger partial charge in [-0.1, -0.05) is 128 Å². The Morgan fingerprint density at radius 2 is 0.600 bits per heavy atom. The van der Waals surface area contributed by atoms with E-state index in [9.17, 15) is 5.11 Å². The van der Waals surface area contributed by atoms with Crippen molar-refractivity contribution in [3.8, 4) is 0 Å². The van der Waals surface area contributed by atoms with E-state index in [-0.39, 0.29) is 0 Å². The fourth-order valence-electron chi connectivity index (χ4n) is 1.12. The SMILES string of the molecule is OC(Cl)(Cl)C(Cl)(C(Cl)(Cl)Cl)C(Cl)(C(Cl)(Cl)Cl)C(Cl)(Cl)Cl. The molecule has 0 saturated heterocycles. The van der Waals surface area contributed by atoms with Gasteiger partial charge < -0.3 is 5.11 Å². The summed E-state index contributed by atoms with van der Waals surface area (Å²) < 4.78 is -11.2. The van der Waals surface area contributed by atoms with E-state index in [4.69, 9.17) is 151 Å². The van der Waals surface area contributed by atoms with Crippen LogP contribution in [0.5, 0.6) is 0 Å². The number of alkyl halides is 13. The molecule has 0 saturated carbocycles. The van der Waals surface area contributed by atoms with Crippen LogP contribution in [0.2, 0.25) is 0 Å². The average Bonchev–Trinajstić information content (AvgIpc) is 2.07. The second-order valence-electron chi connectivity index (χ2n) is 3.35. The van der Waals surface area contributed by atoms with Crippen LogP contribution < -0.4 is 0 Å². The summed E-state index contributed by atoms with van der Waals surface area (Å²) in [6.45, 7) is 0. The Hall–Kier alpha value is 3.73. The fraction of sp³-hybridized carbons (Fsp3) is 1.00. The number of hydrogen-bond donors (Lipinski definition) is 1. The number of rotatable bonds is 2. The summed E-state index contributed by atoms with van der Waals surface area (Å²) in [5.41, 5.74) is 0. The molecule has 0 aliphatic rings. The lowest BCUT2D eigenvalue weighted by Gasteiger charge is -2.54. The van der Waals surface area contributed by atoms with Crippen LogP contribution in [0.1, 0.15) is 0 Å². The largest absolute Gasteiger partial charge is 0.361 e. The third-order valence-corrected chi connectivity index (χ3v) is 8.03. The predicted octanol–water partition coefficient (Wildman–Crippen LogP) is 7.18. The summed E-state index contributed by atoms with van der Waals surface area (Å²) in [6, 6.07) is 0. The molecule has 1 unspecified atom stereocenters. The molecule has 0 spiro atoms.